The van der Waals surface area contributed by atoms with Crippen LogP contribution < -0.4 is 9.47 Å². The second-order valence-electron chi connectivity index (χ2n) is 6.19. The molecule has 0 radical (unpaired) electrons. The van der Waals surface area contributed by atoms with Crippen LogP contribution in [0.3, 0.4) is 0 Å². The summed E-state index contributed by atoms with van der Waals surface area (Å²) in [7, 11) is -0.706. The van der Waals surface area contributed by atoms with E-state index in [0.717, 1.165) is 0 Å². The number of rotatable bonds is 7. The van der Waals surface area contributed by atoms with Gasteiger partial charge in [0.2, 0.25) is 11.5 Å². The molecule has 0 heterocycles. The molecule has 0 saturated heterocycles. The van der Waals surface area contributed by atoms with Gasteiger partial charge < -0.3 is 19.7 Å². The normalized spacial score (nSPS) is 12.1. The molecule has 0 spiro atoms. The molecule has 7 heteroatoms. The van der Waals surface area contributed by atoms with Crippen LogP contribution in [0.5, 0.6) is 23.0 Å². The van der Waals surface area contributed by atoms with Gasteiger partial charge in [0, 0.05) is 11.1 Å². The zero-order valence-corrected chi connectivity index (χ0v) is 16.6. The number of benzene rings is 2. The first-order valence-electron chi connectivity index (χ1n) is 8.31. The Morgan fingerprint density at radius 3 is 2.15 bits per heavy atom. The van der Waals surface area contributed by atoms with E-state index in [4.69, 9.17) is 9.47 Å². The Bertz CT molecular complexity index is 946. The molecule has 2 aromatic rings. The minimum atomic E-state index is -3.44. The van der Waals surface area contributed by atoms with Gasteiger partial charge >= 0.3 is 0 Å². The van der Waals surface area contributed by atoms with Crippen molar-refractivity contribution in [3.8, 4) is 23.0 Å². The fourth-order valence-corrected chi connectivity index (χ4v) is 4.27. The second kappa shape index (κ2) is 8.35. The van der Waals surface area contributed by atoms with Gasteiger partial charge in [-0.15, -0.1) is 0 Å². The third kappa shape index (κ3) is 4.36. The number of phenolic OH excluding ortho intramolecular Hbond substituents is 2. The molecule has 2 aromatic carbocycles. The molecule has 27 heavy (non-hydrogen) atoms. The highest BCUT2D eigenvalue weighted by molar-refractivity contribution is 7.91. The van der Waals surface area contributed by atoms with Gasteiger partial charge in [0.1, 0.15) is 0 Å². The predicted octanol–water partition coefficient (Wildman–Crippen LogP) is 3.39. The topological polar surface area (TPSA) is 93.1 Å². The van der Waals surface area contributed by atoms with Crippen molar-refractivity contribution in [1.29, 1.82) is 0 Å². The van der Waals surface area contributed by atoms with Crippen LogP contribution in [0.25, 0.3) is 0 Å². The summed E-state index contributed by atoms with van der Waals surface area (Å²) in [6.07, 6.45) is 1.95. The van der Waals surface area contributed by atoms with Gasteiger partial charge in [-0.05, 0) is 32.4 Å². The van der Waals surface area contributed by atoms with Gasteiger partial charge in [-0.1, -0.05) is 29.8 Å². The maximum absolute atomic E-state index is 12.5. The van der Waals surface area contributed by atoms with Crippen LogP contribution in [-0.2, 0) is 16.3 Å². The van der Waals surface area contributed by atoms with Crippen molar-refractivity contribution in [2.75, 3.05) is 20.0 Å². The van der Waals surface area contributed by atoms with E-state index in [1.54, 1.807) is 50.3 Å². The van der Waals surface area contributed by atoms with Gasteiger partial charge in [0.05, 0.1) is 24.9 Å². The lowest BCUT2D eigenvalue weighted by Gasteiger charge is -2.17. The average Bonchev–Trinajstić information content (AvgIpc) is 2.64. The predicted molar refractivity (Wildman–Crippen MR) is 104 cm³/mol. The first-order valence-corrected chi connectivity index (χ1v) is 9.97. The third-order valence-electron chi connectivity index (χ3n) is 4.31. The number of phenols is 2. The van der Waals surface area contributed by atoms with Crippen molar-refractivity contribution in [2.45, 2.75) is 25.2 Å². The van der Waals surface area contributed by atoms with Crippen molar-refractivity contribution in [2.24, 2.45) is 0 Å². The van der Waals surface area contributed by atoms with E-state index in [9.17, 15) is 18.6 Å². The molecular weight excluding hydrogens is 368 g/mol. The van der Waals surface area contributed by atoms with E-state index in [0.29, 0.717) is 16.7 Å². The van der Waals surface area contributed by atoms with Crippen molar-refractivity contribution >= 4 is 9.84 Å². The summed E-state index contributed by atoms with van der Waals surface area (Å²) in [5.41, 5.74) is 1.52. The smallest absolute Gasteiger partial charge is 0.207 e. The van der Waals surface area contributed by atoms with E-state index >= 15 is 0 Å². The second-order valence-corrected chi connectivity index (χ2v) is 8.18. The molecule has 0 amide bonds. The minimum Gasteiger partial charge on any atom is -0.504 e. The number of aromatic hydroxyl groups is 2. The van der Waals surface area contributed by atoms with Crippen LogP contribution in [0.1, 0.15) is 18.1 Å². The Morgan fingerprint density at radius 2 is 1.59 bits per heavy atom. The van der Waals surface area contributed by atoms with E-state index in [-0.39, 0.29) is 40.1 Å². The molecule has 0 atom stereocenters. The molecule has 0 aliphatic rings. The van der Waals surface area contributed by atoms with E-state index in [2.05, 4.69) is 0 Å². The van der Waals surface area contributed by atoms with Crippen LogP contribution in [0.15, 0.2) is 46.9 Å². The van der Waals surface area contributed by atoms with E-state index in [1.165, 1.54) is 14.2 Å². The zero-order valence-electron chi connectivity index (χ0n) is 15.8. The van der Waals surface area contributed by atoms with Crippen LogP contribution in [0, 0.1) is 6.92 Å². The van der Waals surface area contributed by atoms with E-state index < -0.39 is 9.84 Å². The summed E-state index contributed by atoms with van der Waals surface area (Å²) < 4.78 is 35.1. The number of allylic oxidation sites excluding steroid dienone is 1. The molecule has 146 valence electrons. The molecule has 0 aromatic heterocycles. The highest BCUT2D eigenvalue weighted by Crippen LogP contribution is 2.48. The maximum Gasteiger partial charge on any atom is 0.207 e. The summed E-state index contributed by atoms with van der Waals surface area (Å²) >= 11 is 0. The summed E-state index contributed by atoms with van der Waals surface area (Å²) in [6, 6.07) is 8.24. The summed E-state index contributed by atoms with van der Waals surface area (Å²) in [5, 5.41) is 20.7. The minimum absolute atomic E-state index is 0.0403. The molecule has 0 fully saturated rings. The SMILES string of the molecule is COc1c(O)c(C)c(CC=C(C)CS(=O)(=O)c2ccccc2)c(O)c1OC. The van der Waals surface area contributed by atoms with Gasteiger partial charge in [-0.3, -0.25) is 0 Å². The lowest BCUT2D eigenvalue weighted by molar-refractivity contribution is 0.314. The van der Waals surface area contributed by atoms with Crippen LogP contribution in [0.2, 0.25) is 0 Å². The lowest BCUT2D eigenvalue weighted by Crippen LogP contribution is -2.08. The van der Waals surface area contributed by atoms with Crippen molar-refractivity contribution in [3.05, 3.63) is 53.1 Å². The Labute approximate surface area is 159 Å². The summed E-state index contributed by atoms with van der Waals surface area (Å²) in [5.74, 6) is -0.289. The van der Waals surface area contributed by atoms with Crippen LogP contribution in [0.4, 0.5) is 0 Å². The fourth-order valence-electron chi connectivity index (χ4n) is 2.82. The third-order valence-corrected chi connectivity index (χ3v) is 6.14. The Balaban J connectivity index is 2.31. The molecule has 6 nitrogen and oxygen atoms in total. The first kappa shape index (κ1) is 20.6. The van der Waals surface area contributed by atoms with Crippen molar-refractivity contribution < 1.29 is 28.1 Å². The first-order chi connectivity index (χ1) is 12.7. The molecule has 0 aliphatic carbocycles. The van der Waals surface area contributed by atoms with Crippen LogP contribution in [-0.4, -0.2) is 38.6 Å². The molecule has 2 N–H and O–H groups in total. The van der Waals surface area contributed by atoms with Gasteiger partial charge in [0.15, 0.2) is 21.3 Å². The van der Waals surface area contributed by atoms with Crippen molar-refractivity contribution in [1.82, 2.24) is 0 Å². The number of sulfone groups is 1. The Kier molecular flexibility index (Phi) is 6.38. The summed E-state index contributed by atoms with van der Waals surface area (Å²) in [4.78, 5) is 0.264. The highest BCUT2D eigenvalue weighted by Gasteiger charge is 2.22. The molecule has 0 bridgehead atoms. The largest absolute Gasteiger partial charge is 0.504 e. The van der Waals surface area contributed by atoms with Crippen LogP contribution >= 0.6 is 0 Å². The monoisotopic (exact) mass is 392 g/mol. The van der Waals surface area contributed by atoms with Gasteiger partial charge in [-0.2, -0.15) is 0 Å². The Morgan fingerprint density at radius 1 is 1.04 bits per heavy atom. The fraction of sp³-hybridized carbons (Fsp3) is 0.300. The number of hydrogen-bond donors (Lipinski definition) is 2. The number of ether oxygens (including phenoxy) is 2. The number of hydrogen-bond acceptors (Lipinski definition) is 6. The number of methoxy groups -OCH3 is 2. The molecular formula is C20H24O6S. The molecule has 2 rings (SSSR count). The molecule has 0 unspecified atom stereocenters. The molecule has 0 saturated carbocycles. The van der Waals surface area contributed by atoms with Gasteiger partial charge in [0.25, 0.3) is 0 Å². The van der Waals surface area contributed by atoms with E-state index in [1.807, 2.05) is 0 Å². The average molecular weight is 392 g/mol. The Hall–Kier alpha value is -2.67. The highest BCUT2D eigenvalue weighted by atomic mass is 32.2. The quantitative estimate of drug-likeness (QED) is 0.554. The lowest BCUT2D eigenvalue weighted by atomic mass is 10.0. The standard InChI is InChI=1S/C20H24O6S/c1-13(12-27(23,24)15-8-6-5-7-9-15)10-11-16-14(2)17(21)19(25-3)20(26-4)18(16)22/h5-10,21-22H,11-12H2,1-4H3. The zero-order chi connectivity index (χ0) is 20.2. The maximum atomic E-state index is 12.5. The summed E-state index contributed by atoms with van der Waals surface area (Å²) in [6.45, 7) is 3.36. The van der Waals surface area contributed by atoms with Gasteiger partial charge in [-0.25, -0.2) is 8.42 Å². The van der Waals surface area contributed by atoms with Crippen molar-refractivity contribution in [3.63, 3.8) is 0 Å². The molecule has 0 aliphatic heterocycles.